The molecule has 0 amide bonds. The van der Waals surface area contributed by atoms with Gasteiger partial charge in [0.15, 0.2) is 5.78 Å². The van der Waals surface area contributed by atoms with Gasteiger partial charge in [0.05, 0.1) is 11.0 Å². The van der Waals surface area contributed by atoms with Crippen LogP contribution in [0.3, 0.4) is 0 Å². The number of ketones is 1. The Morgan fingerprint density at radius 2 is 1.76 bits per heavy atom. The van der Waals surface area contributed by atoms with Crippen molar-refractivity contribution >= 4 is 17.2 Å². The van der Waals surface area contributed by atoms with E-state index >= 15 is 0 Å². The van der Waals surface area contributed by atoms with Crippen molar-refractivity contribution in [3.63, 3.8) is 0 Å². The molecule has 1 unspecified atom stereocenters. The quantitative estimate of drug-likeness (QED) is 0.314. The third-order valence-electron chi connectivity index (χ3n) is 4.89. The first-order valence-electron chi connectivity index (χ1n) is 9.20. The standard InChI is InChI=1S/C23H21FN2O3/c1-15-6-7-17(12-16(15)2)22(14-23(27)18-4-3-5-19(24)13-18)25-20-8-10-21(11-9-20)26(28)29/h3-13,22,25H,14H2,1-2H3. The third-order valence-corrected chi connectivity index (χ3v) is 4.89. The van der Waals surface area contributed by atoms with Crippen LogP contribution in [-0.2, 0) is 0 Å². The summed E-state index contributed by atoms with van der Waals surface area (Å²) in [4.78, 5) is 23.2. The van der Waals surface area contributed by atoms with Crippen LogP contribution in [0.2, 0.25) is 0 Å². The van der Waals surface area contributed by atoms with Crippen LogP contribution in [-0.4, -0.2) is 10.7 Å². The van der Waals surface area contributed by atoms with Crippen molar-refractivity contribution in [3.8, 4) is 0 Å². The number of nitro benzene ring substituents is 1. The molecule has 3 rings (SSSR count). The lowest BCUT2D eigenvalue weighted by Crippen LogP contribution is -2.16. The average Bonchev–Trinajstić information content (AvgIpc) is 2.70. The number of rotatable bonds is 7. The van der Waals surface area contributed by atoms with Crippen molar-refractivity contribution in [2.75, 3.05) is 5.32 Å². The molecule has 0 saturated heterocycles. The fourth-order valence-electron chi connectivity index (χ4n) is 3.08. The molecule has 3 aromatic carbocycles. The van der Waals surface area contributed by atoms with Crippen LogP contribution in [0.4, 0.5) is 15.8 Å². The number of hydrogen-bond donors (Lipinski definition) is 1. The number of anilines is 1. The third kappa shape index (κ3) is 5.04. The number of halogens is 1. The first kappa shape index (κ1) is 20.2. The van der Waals surface area contributed by atoms with Crippen molar-refractivity contribution in [1.82, 2.24) is 0 Å². The summed E-state index contributed by atoms with van der Waals surface area (Å²) in [7, 11) is 0. The van der Waals surface area contributed by atoms with Gasteiger partial charge in [-0.3, -0.25) is 14.9 Å². The fraction of sp³-hybridized carbons (Fsp3) is 0.174. The van der Waals surface area contributed by atoms with Crippen LogP contribution in [0.25, 0.3) is 0 Å². The summed E-state index contributed by atoms with van der Waals surface area (Å²) in [6, 6.07) is 17.2. The van der Waals surface area contributed by atoms with Gasteiger partial charge in [-0.25, -0.2) is 4.39 Å². The molecule has 0 aromatic heterocycles. The van der Waals surface area contributed by atoms with Crippen LogP contribution >= 0.6 is 0 Å². The molecule has 0 fully saturated rings. The Labute approximate surface area is 168 Å². The topological polar surface area (TPSA) is 72.2 Å². The highest BCUT2D eigenvalue weighted by Gasteiger charge is 2.19. The average molecular weight is 392 g/mol. The Morgan fingerprint density at radius 3 is 2.38 bits per heavy atom. The van der Waals surface area contributed by atoms with Gasteiger partial charge in [-0.05, 0) is 54.8 Å². The summed E-state index contributed by atoms with van der Waals surface area (Å²) in [6.07, 6.45) is 0.114. The van der Waals surface area contributed by atoms with Gasteiger partial charge in [0, 0.05) is 29.8 Å². The number of nitro groups is 1. The highest BCUT2D eigenvalue weighted by Crippen LogP contribution is 2.27. The lowest BCUT2D eigenvalue weighted by Gasteiger charge is -2.21. The van der Waals surface area contributed by atoms with E-state index in [1.54, 1.807) is 18.2 Å². The Balaban J connectivity index is 1.89. The molecule has 0 aliphatic heterocycles. The summed E-state index contributed by atoms with van der Waals surface area (Å²) in [6.45, 7) is 4.01. The molecule has 0 heterocycles. The number of carbonyl (C=O) groups is 1. The van der Waals surface area contributed by atoms with Crippen molar-refractivity contribution in [3.05, 3.63) is 105 Å². The van der Waals surface area contributed by atoms with Crippen LogP contribution < -0.4 is 5.32 Å². The number of aryl methyl sites for hydroxylation is 2. The molecule has 3 aromatic rings. The molecule has 0 radical (unpaired) electrons. The molecule has 0 bridgehead atoms. The van der Waals surface area contributed by atoms with E-state index in [4.69, 9.17) is 0 Å². The molecule has 5 nitrogen and oxygen atoms in total. The molecule has 0 spiro atoms. The highest BCUT2D eigenvalue weighted by molar-refractivity contribution is 5.96. The van der Waals surface area contributed by atoms with Gasteiger partial charge in [0.25, 0.3) is 5.69 Å². The van der Waals surface area contributed by atoms with E-state index in [0.717, 1.165) is 16.7 Å². The first-order chi connectivity index (χ1) is 13.8. The molecular weight excluding hydrogens is 371 g/mol. The van der Waals surface area contributed by atoms with Gasteiger partial charge in [0.2, 0.25) is 0 Å². The number of carbonyl (C=O) groups excluding carboxylic acids is 1. The van der Waals surface area contributed by atoms with Gasteiger partial charge in [-0.1, -0.05) is 30.3 Å². The molecular formula is C23H21FN2O3. The predicted octanol–water partition coefficient (Wildman–Crippen LogP) is 5.78. The molecule has 148 valence electrons. The number of non-ortho nitro benzene ring substituents is 1. The van der Waals surface area contributed by atoms with Crippen LogP contribution in [0.1, 0.15) is 39.5 Å². The normalized spacial score (nSPS) is 11.7. The maximum absolute atomic E-state index is 13.5. The minimum absolute atomic E-state index is 0.00545. The minimum Gasteiger partial charge on any atom is -0.378 e. The zero-order chi connectivity index (χ0) is 21.0. The number of Topliss-reactive ketones (excluding diaryl/α,β-unsaturated/α-hetero) is 1. The summed E-state index contributed by atoms with van der Waals surface area (Å²) in [5.41, 5.74) is 4.11. The number of nitrogens with one attached hydrogen (secondary N) is 1. The van der Waals surface area contributed by atoms with Crippen molar-refractivity contribution in [1.29, 1.82) is 0 Å². The van der Waals surface area contributed by atoms with Crippen molar-refractivity contribution in [2.24, 2.45) is 0 Å². The van der Waals surface area contributed by atoms with Crippen molar-refractivity contribution in [2.45, 2.75) is 26.3 Å². The van der Waals surface area contributed by atoms with Gasteiger partial charge in [0.1, 0.15) is 5.82 Å². The van der Waals surface area contributed by atoms with Crippen LogP contribution in [0.5, 0.6) is 0 Å². The predicted molar refractivity (Wildman–Crippen MR) is 111 cm³/mol. The van der Waals surface area contributed by atoms with E-state index in [1.807, 2.05) is 32.0 Å². The number of hydrogen-bond acceptors (Lipinski definition) is 4. The maximum Gasteiger partial charge on any atom is 0.269 e. The van der Waals surface area contributed by atoms with E-state index in [9.17, 15) is 19.3 Å². The van der Waals surface area contributed by atoms with Gasteiger partial charge < -0.3 is 5.32 Å². The Bertz CT molecular complexity index is 1050. The van der Waals surface area contributed by atoms with E-state index in [1.165, 1.54) is 30.3 Å². The minimum atomic E-state index is -0.460. The second-order valence-electron chi connectivity index (χ2n) is 6.98. The fourth-order valence-corrected chi connectivity index (χ4v) is 3.08. The second-order valence-corrected chi connectivity index (χ2v) is 6.98. The summed E-state index contributed by atoms with van der Waals surface area (Å²) in [5, 5.41) is 14.2. The molecule has 1 N–H and O–H groups in total. The lowest BCUT2D eigenvalue weighted by molar-refractivity contribution is -0.384. The van der Waals surface area contributed by atoms with E-state index in [0.29, 0.717) is 11.3 Å². The van der Waals surface area contributed by atoms with E-state index < -0.39 is 10.7 Å². The molecule has 0 aliphatic carbocycles. The number of nitrogens with zero attached hydrogens (tertiary/aromatic N) is 1. The smallest absolute Gasteiger partial charge is 0.269 e. The zero-order valence-electron chi connectivity index (χ0n) is 16.2. The maximum atomic E-state index is 13.5. The summed E-state index contributed by atoms with van der Waals surface area (Å²) < 4.78 is 13.5. The van der Waals surface area contributed by atoms with Gasteiger partial charge in [-0.2, -0.15) is 0 Å². The largest absolute Gasteiger partial charge is 0.378 e. The van der Waals surface area contributed by atoms with Gasteiger partial charge in [-0.15, -0.1) is 0 Å². The number of benzene rings is 3. The molecule has 0 saturated carbocycles. The lowest BCUT2D eigenvalue weighted by atomic mass is 9.95. The van der Waals surface area contributed by atoms with Gasteiger partial charge >= 0.3 is 0 Å². The molecule has 1 atom stereocenters. The highest BCUT2D eigenvalue weighted by atomic mass is 19.1. The monoisotopic (exact) mass is 392 g/mol. The molecule has 29 heavy (non-hydrogen) atoms. The SMILES string of the molecule is Cc1ccc(C(CC(=O)c2cccc(F)c2)Nc2ccc([N+](=O)[O-])cc2)cc1C. The Kier molecular flexibility index (Phi) is 6.02. The Morgan fingerprint density at radius 1 is 1.03 bits per heavy atom. The first-order valence-corrected chi connectivity index (χ1v) is 9.20. The molecule has 0 aliphatic rings. The zero-order valence-corrected chi connectivity index (χ0v) is 16.2. The summed E-state index contributed by atoms with van der Waals surface area (Å²) >= 11 is 0. The van der Waals surface area contributed by atoms with Crippen LogP contribution in [0, 0.1) is 29.8 Å². The van der Waals surface area contributed by atoms with Crippen molar-refractivity contribution < 1.29 is 14.1 Å². The second kappa shape index (κ2) is 8.65. The van der Waals surface area contributed by atoms with Crippen LogP contribution in [0.15, 0.2) is 66.7 Å². The Hall–Kier alpha value is -3.54. The molecule has 6 heteroatoms. The van der Waals surface area contributed by atoms with E-state index in [2.05, 4.69) is 5.32 Å². The van der Waals surface area contributed by atoms with E-state index in [-0.39, 0.29) is 23.9 Å². The summed E-state index contributed by atoms with van der Waals surface area (Å²) in [5.74, 6) is -0.649.